The van der Waals surface area contributed by atoms with Crippen LogP contribution in [0.2, 0.25) is 0 Å². The number of amides is 1. The zero-order valence-electron chi connectivity index (χ0n) is 16.3. The maximum absolute atomic E-state index is 13.1. The van der Waals surface area contributed by atoms with E-state index in [9.17, 15) is 4.79 Å². The van der Waals surface area contributed by atoms with Crippen molar-refractivity contribution in [1.29, 1.82) is 0 Å². The predicted molar refractivity (Wildman–Crippen MR) is 114 cm³/mol. The van der Waals surface area contributed by atoms with Crippen molar-refractivity contribution in [3.05, 3.63) is 89.7 Å². The number of fused-ring (bicyclic) bond motifs is 2. The fourth-order valence-corrected chi connectivity index (χ4v) is 3.63. The van der Waals surface area contributed by atoms with E-state index in [4.69, 9.17) is 14.5 Å². The molecule has 2 heterocycles. The Labute approximate surface area is 173 Å². The number of rotatable bonds is 5. The van der Waals surface area contributed by atoms with Crippen LogP contribution in [0.4, 0.5) is 0 Å². The van der Waals surface area contributed by atoms with Crippen LogP contribution in [-0.4, -0.2) is 29.1 Å². The summed E-state index contributed by atoms with van der Waals surface area (Å²) in [6.45, 7) is 0.997. The van der Waals surface area contributed by atoms with Crippen LogP contribution in [0.1, 0.15) is 27.8 Å². The van der Waals surface area contributed by atoms with Gasteiger partial charge in [0.15, 0.2) is 11.5 Å². The summed E-state index contributed by atoms with van der Waals surface area (Å²) in [6, 6.07) is 22.9. The lowest BCUT2D eigenvalue weighted by molar-refractivity contribution is 0.0933. The molecule has 5 rings (SSSR count). The minimum Gasteiger partial charge on any atom is -0.486 e. The van der Waals surface area contributed by atoms with Crippen LogP contribution in [0.15, 0.2) is 72.8 Å². The van der Waals surface area contributed by atoms with Crippen LogP contribution < -0.4 is 14.8 Å². The average molecular weight is 399 g/mol. The Morgan fingerprint density at radius 1 is 0.967 bits per heavy atom. The van der Waals surface area contributed by atoms with Crippen molar-refractivity contribution in [3.63, 3.8) is 0 Å². The minimum absolute atomic E-state index is 0.187. The van der Waals surface area contributed by atoms with Gasteiger partial charge in [-0.3, -0.25) is 4.79 Å². The van der Waals surface area contributed by atoms with Crippen LogP contribution in [0.3, 0.4) is 0 Å². The third-order valence-corrected chi connectivity index (χ3v) is 5.13. The van der Waals surface area contributed by atoms with Crippen molar-refractivity contribution >= 4 is 16.9 Å². The highest BCUT2D eigenvalue weighted by Crippen LogP contribution is 2.31. The number of aromatic amines is 1. The molecule has 150 valence electrons. The molecule has 4 aromatic rings. The van der Waals surface area contributed by atoms with Crippen molar-refractivity contribution < 1.29 is 14.3 Å². The van der Waals surface area contributed by atoms with Gasteiger partial charge in [0.1, 0.15) is 19.0 Å². The van der Waals surface area contributed by atoms with Gasteiger partial charge in [-0.2, -0.15) is 0 Å². The molecule has 0 spiro atoms. The van der Waals surface area contributed by atoms with Crippen molar-refractivity contribution in [2.24, 2.45) is 0 Å². The summed E-state index contributed by atoms with van der Waals surface area (Å²) in [5, 5.41) is 3.14. The highest BCUT2D eigenvalue weighted by Gasteiger charge is 2.21. The topological polar surface area (TPSA) is 76.2 Å². The largest absolute Gasteiger partial charge is 0.486 e. The van der Waals surface area contributed by atoms with Gasteiger partial charge >= 0.3 is 0 Å². The lowest BCUT2D eigenvalue weighted by Crippen LogP contribution is -2.31. The van der Waals surface area contributed by atoms with E-state index in [1.54, 1.807) is 18.2 Å². The van der Waals surface area contributed by atoms with Gasteiger partial charge < -0.3 is 19.8 Å². The Hall–Kier alpha value is -3.80. The van der Waals surface area contributed by atoms with Crippen LogP contribution >= 0.6 is 0 Å². The number of nitrogens with one attached hydrogen (secondary N) is 2. The summed E-state index contributed by atoms with van der Waals surface area (Å²) < 4.78 is 11.2. The lowest BCUT2D eigenvalue weighted by atomic mass is 10.0. The molecule has 0 saturated carbocycles. The normalized spacial score (nSPS) is 13.7. The number of carbonyl (C=O) groups excluding carboxylic acids is 1. The fraction of sp³-hybridized carbons (Fsp3) is 0.167. The van der Waals surface area contributed by atoms with Crippen molar-refractivity contribution in [2.75, 3.05) is 13.2 Å². The molecule has 3 aromatic carbocycles. The van der Waals surface area contributed by atoms with Gasteiger partial charge in [0.05, 0.1) is 17.1 Å². The second-order valence-electron chi connectivity index (χ2n) is 7.21. The van der Waals surface area contributed by atoms with E-state index >= 15 is 0 Å². The Bertz CT molecular complexity index is 1150. The summed E-state index contributed by atoms with van der Waals surface area (Å²) in [4.78, 5) is 21.1. The number of ether oxygens (including phenoxy) is 2. The molecule has 0 aliphatic carbocycles. The zero-order chi connectivity index (χ0) is 20.3. The summed E-state index contributed by atoms with van der Waals surface area (Å²) in [7, 11) is 0. The van der Waals surface area contributed by atoms with Crippen LogP contribution in [0.25, 0.3) is 11.0 Å². The van der Waals surface area contributed by atoms with Crippen molar-refractivity contribution in [3.8, 4) is 11.5 Å². The monoisotopic (exact) mass is 399 g/mol. The van der Waals surface area contributed by atoms with E-state index in [1.165, 1.54) is 0 Å². The minimum atomic E-state index is -0.305. The molecule has 0 radical (unpaired) electrons. The third-order valence-electron chi connectivity index (χ3n) is 5.13. The standard InChI is InChI=1S/C24H21N3O3/c28-24(17-10-11-21-22(15-17)30-13-12-29-21)27-20(14-16-6-2-1-3-7-16)23-25-18-8-4-5-9-19(18)26-23/h1-11,15,20H,12-14H2,(H,25,26)(H,27,28)/t20-/m1/s1. The number of aromatic nitrogens is 2. The van der Waals surface area contributed by atoms with E-state index in [2.05, 4.69) is 10.3 Å². The fourth-order valence-electron chi connectivity index (χ4n) is 3.63. The molecule has 1 aliphatic heterocycles. The number of carbonyl (C=O) groups is 1. The first kappa shape index (κ1) is 18.2. The molecule has 1 aromatic heterocycles. The van der Waals surface area contributed by atoms with Gasteiger partial charge in [-0.1, -0.05) is 42.5 Å². The highest BCUT2D eigenvalue weighted by atomic mass is 16.6. The van der Waals surface area contributed by atoms with Gasteiger partial charge in [-0.15, -0.1) is 0 Å². The van der Waals surface area contributed by atoms with Gasteiger partial charge in [0, 0.05) is 5.56 Å². The van der Waals surface area contributed by atoms with E-state index in [-0.39, 0.29) is 11.9 Å². The number of H-pyrrole nitrogens is 1. The third kappa shape index (κ3) is 3.72. The number of nitrogens with zero attached hydrogens (tertiary/aromatic N) is 1. The molecule has 6 heteroatoms. The molecule has 30 heavy (non-hydrogen) atoms. The molecule has 1 atom stereocenters. The van der Waals surface area contributed by atoms with E-state index in [0.29, 0.717) is 36.7 Å². The SMILES string of the molecule is O=C(N[C@H](Cc1ccccc1)c1nc2ccccc2[nH]1)c1ccc2c(c1)OCCO2. The van der Waals surface area contributed by atoms with Gasteiger partial charge in [0.2, 0.25) is 0 Å². The maximum Gasteiger partial charge on any atom is 0.252 e. The lowest BCUT2D eigenvalue weighted by Gasteiger charge is -2.20. The quantitative estimate of drug-likeness (QED) is 0.531. The number of hydrogen-bond acceptors (Lipinski definition) is 4. The summed E-state index contributed by atoms with van der Waals surface area (Å²) >= 11 is 0. The Balaban J connectivity index is 1.44. The first-order valence-electron chi connectivity index (χ1n) is 9.95. The van der Waals surface area contributed by atoms with E-state index in [1.807, 2.05) is 54.6 Å². The second-order valence-corrected chi connectivity index (χ2v) is 7.21. The zero-order valence-corrected chi connectivity index (χ0v) is 16.3. The Kier molecular flexibility index (Phi) is 4.81. The van der Waals surface area contributed by atoms with E-state index < -0.39 is 0 Å². The van der Waals surface area contributed by atoms with Crippen LogP contribution in [-0.2, 0) is 6.42 Å². The van der Waals surface area contributed by atoms with E-state index in [0.717, 1.165) is 22.4 Å². The first-order chi connectivity index (χ1) is 14.8. The number of hydrogen-bond donors (Lipinski definition) is 2. The molecule has 6 nitrogen and oxygen atoms in total. The molecule has 0 fully saturated rings. The van der Waals surface area contributed by atoms with Crippen molar-refractivity contribution in [1.82, 2.24) is 15.3 Å². The van der Waals surface area contributed by atoms with Gasteiger partial charge in [0.25, 0.3) is 5.91 Å². The van der Waals surface area contributed by atoms with Gasteiger partial charge in [-0.25, -0.2) is 4.98 Å². The Morgan fingerprint density at radius 3 is 2.57 bits per heavy atom. The summed E-state index contributed by atoms with van der Waals surface area (Å²) in [6.07, 6.45) is 0.622. The van der Waals surface area contributed by atoms with Crippen molar-refractivity contribution in [2.45, 2.75) is 12.5 Å². The number of imidazole rings is 1. The highest BCUT2D eigenvalue weighted by molar-refractivity contribution is 5.95. The number of benzene rings is 3. The Morgan fingerprint density at radius 2 is 1.73 bits per heavy atom. The summed E-state index contributed by atoms with van der Waals surface area (Å²) in [5.74, 6) is 1.80. The molecule has 0 unspecified atom stereocenters. The molecule has 0 bridgehead atoms. The maximum atomic E-state index is 13.1. The van der Waals surface area contributed by atoms with Crippen LogP contribution in [0, 0.1) is 0 Å². The number of para-hydroxylation sites is 2. The molecule has 1 aliphatic rings. The average Bonchev–Trinajstić information content (AvgIpc) is 3.23. The smallest absolute Gasteiger partial charge is 0.252 e. The van der Waals surface area contributed by atoms with Crippen LogP contribution in [0.5, 0.6) is 11.5 Å². The molecule has 0 saturated heterocycles. The summed E-state index contributed by atoms with van der Waals surface area (Å²) in [5.41, 5.74) is 3.46. The molecular formula is C24H21N3O3. The predicted octanol–water partition coefficient (Wildman–Crippen LogP) is 4.05. The van der Waals surface area contributed by atoms with Gasteiger partial charge in [-0.05, 0) is 42.3 Å². The molecule has 1 amide bonds. The molecule has 2 N–H and O–H groups in total. The first-order valence-corrected chi connectivity index (χ1v) is 9.95. The molecular weight excluding hydrogens is 378 g/mol. The second kappa shape index (κ2) is 7.91.